The quantitative estimate of drug-likeness (QED) is 0.909. The van der Waals surface area contributed by atoms with Crippen LogP contribution in [0.25, 0.3) is 0 Å². The molecule has 1 aromatic heterocycles. The number of aromatic nitrogens is 2. The molecule has 1 aromatic carbocycles. The molecule has 0 aliphatic heterocycles. The summed E-state index contributed by atoms with van der Waals surface area (Å²) in [4.78, 5) is 12.3. The molecular formula is C14H19ClN4O. The van der Waals surface area contributed by atoms with Crippen LogP contribution in [-0.4, -0.2) is 15.7 Å². The number of anilines is 1. The number of hydrogen-bond donors (Lipinski definition) is 2. The monoisotopic (exact) mass is 294 g/mol. The molecule has 0 radical (unpaired) electrons. The minimum Gasteiger partial charge on any atom is -0.321 e. The lowest BCUT2D eigenvalue weighted by Gasteiger charge is -2.23. The summed E-state index contributed by atoms with van der Waals surface area (Å²) < 4.78 is 1.70. The van der Waals surface area contributed by atoms with Crippen molar-refractivity contribution in [2.75, 3.05) is 5.32 Å². The first-order chi connectivity index (χ1) is 8.93. The maximum atomic E-state index is 12.3. The minimum atomic E-state index is -1.08. The van der Waals surface area contributed by atoms with Crippen molar-refractivity contribution < 1.29 is 4.79 Å². The maximum Gasteiger partial charge on any atom is 0.248 e. The van der Waals surface area contributed by atoms with Gasteiger partial charge in [0.05, 0.1) is 17.6 Å². The number of carbonyl (C=O) groups is 1. The molecule has 0 spiro atoms. The van der Waals surface area contributed by atoms with Crippen molar-refractivity contribution in [3.05, 3.63) is 47.8 Å². The molecule has 108 valence electrons. The van der Waals surface area contributed by atoms with Gasteiger partial charge in [-0.15, -0.1) is 12.4 Å². The predicted molar refractivity (Wildman–Crippen MR) is 81.8 cm³/mol. The van der Waals surface area contributed by atoms with Crippen molar-refractivity contribution in [1.29, 1.82) is 0 Å². The van der Waals surface area contributed by atoms with Gasteiger partial charge in [-0.2, -0.15) is 5.10 Å². The Bertz CT molecular complexity index is 592. The first-order valence-corrected chi connectivity index (χ1v) is 6.07. The Kier molecular flexibility index (Phi) is 4.92. The molecule has 1 heterocycles. The van der Waals surface area contributed by atoms with Crippen molar-refractivity contribution in [3.8, 4) is 0 Å². The van der Waals surface area contributed by atoms with Crippen molar-refractivity contribution in [2.24, 2.45) is 12.8 Å². The fourth-order valence-corrected chi connectivity index (χ4v) is 1.79. The van der Waals surface area contributed by atoms with E-state index in [0.29, 0.717) is 5.69 Å². The van der Waals surface area contributed by atoms with E-state index in [1.54, 1.807) is 17.8 Å². The average Bonchev–Trinajstić information content (AvgIpc) is 2.71. The fraction of sp³-hybridized carbons (Fsp3) is 0.286. The van der Waals surface area contributed by atoms with Gasteiger partial charge in [-0.25, -0.2) is 0 Å². The third-order valence-electron chi connectivity index (χ3n) is 3.33. The Hall–Kier alpha value is -1.85. The average molecular weight is 295 g/mol. The molecule has 2 aromatic rings. The number of nitrogens with two attached hydrogens (primary N) is 1. The van der Waals surface area contributed by atoms with E-state index in [4.69, 9.17) is 5.73 Å². The summed E-state index contributed by atoms with van der Waals surface area (Å²) in [5.41, 5.74) is 7.41. The van der Waals surface area contributed by atoms with E-state index >= 15 is 0 Å². The van der Waals surface area contributed by atoms with Gasteiger partial charge in [0.1, 0.15) is 5.54 Å². The minimum absolute atomic E-state index is 0. The zero-order valence-corrected chi connectivity index (χ0v) is 12.6. The molecule has 0 aliphatic rings. The zero-order chi connectivity index (χ0) is 14.0. The van der Waals surface area contributed by atoms with Crippen LogP contribution in [0.2, 0.25) is 0 Å². The highest BCUT2D eigenvalue weighted by atomic mass is 35.5. The Morgan fingerprint density at radius 3 is 2.45 bits per heavy atom. The van der Waals surface area contributed by atoms with Crippen molar-refractivity contribution in [3.63, 3.8) is 0 Å². The number of benzene rings is 1. The molecule has 0 saturated heterocycles. The Balaban J connectivity index is 0.00000200. The number of hydrogen-bond acceptors (Lipinski definition) is 3. The van der Waals surface area contributed by atoms with E-state index in [1.165, 1.54) is 0 Å². The number of aryl methyl sites for hydroxylation is 1. The van der Waals surface area contributed by atoms with E-state index in [0.717, 1.165) is 11.3 Å². The lowest BCUT2D eigenvalue weighted by Crippen LogP contribution is -2.45. The summed E-state index contributed by atoms with van der Waals surface area (Å²) in [6.07, 6.45) is 1.62. The van der Waals surface area contributed by atoms with Crippen LogP contribution in [0.5, 0.6) is 0 Å². The van der Waals surface area contributed by atoms with Crippen LogP contribution >= 0.6 is 12.4 Å². The van der Waals surface area contributed by atoms with Crippen molar-refractivity contribution in [2.45, 2.75) is 19.4 Å². The molecular weight excluding hydrogens is 276 g/mol. The summed E-state index contributed by atoms with van der Waals surface area (Å²) in [7, 11) is 1.82. The van der Waals surface area contributed by atoms with Gasteiger partial charge >= 0.3 is 0 Å². The highest BCUT2D eigenvalue weighted by molar-refractivity contribution is 5.98. The van der Waals surface area contributed by atoms with E-state index in [9.17, 15) is 4.79 Å². The first-order valence-electron chi connectivity index (χ1n) is 6.07. The van der Waals surface area contributed by atoms with Gasteiger partial charge in [0.2, 0.25) is 5.91 Å². The van der Waals surface area contributed by atoms with Gasteiger partial charge in [-0.3, -0.25) is 9.48 Å². The van der Waals surface area contributed by atoms with Crippen LogP contribution in [0.3, 0.4) is 0 Å². The van der Waals surface area contributed by atoms with Crippen molar-refractivity contribution >= 4 is 24.0 Å². The van der Waals surface area contributed by atoms with E-state index in [2.05, 4.69) is 10.4 Å². The molecule has 20 heavy (non-hydrogen) atoms. The topological polar surface area (TPSA) is 72.9 Å². The fourth-order valence-electron chi connectivity index (χ4n) is 1.79. The standard InChI is InChI=1S/C14H18N4O.ClH/c1-10-12(9-16-18(10)3)17-13(19)14(2,15)11-7-5-4-6-8-11;/h4-9H,15H2,1-3H3,(H,17,19);1H. The smallest absolute Gasteiger partial charge is 0.248 e. The number of carbonyl (C=O) groups excluding carboxylic acids is 1. The SMILES string of the molecule is Cc1c(NC(=O)C(C)(N)c2ccccc2)cnn1C.Cl. The van der Waals surface area contributed by atoms with E-state index in [-0.39, 0.29) is 18.3 Å². The molecule has 0 aliphatic carbocycles. The van der Waals surface area contributed by atoms with Crippen LogP contribution in [0, 0.1) is 6.92 Å². The normalized spacial score (nSPS) is 13.2. The number of halogens is 1. The van der Waals surface area contributed by atoms with Gasteiger partial charge in [-0.1, -0.05) is 30.3 Å². The Morgan fingerprint density at radius 1 is 1.35 bits per heavy atom. The Labute approximate surface area is 124 Å². The van der Waals surface area contributed by atoms with Crippen LogP contribution in [0.1, 0.15) is 18.2 Å². The predicted octanol–water partition coefficient (Wildman–Crippen LogP) is 1.96. The summed E-state index contributed by atoms with van der Waals surface area (Å²) in [6.45, 7) is 3.59. The van der Waals surface area contributed by atoms with Gasteiger partial charge in [-0.05, 0) is 19.4 Å². The molecule has 3 N–H and O–H groups in total. The lowest BCUT2D eigenvalue weighted by atomic mass is 9.92. The lowest BCUT2D eigenvalue weighted by molar-refractivity contribution is -0.120. The summed E-state index contributed by atoms with van der Waals surface area (Å²) >= 11 is 0. The number of amides is 1. The van der Waals surface area contributed by atoms with Gasteiger partial charge in [0.25, 0.3) is 0 Å². The molecule has 6 heteroatoms. The second-order valence-corrected chi connectivity index (χ2v) is 4.79. The molecule has 5 nitrogen and oxygen atoms in total. The van der Waals surface area contributed by atoms with Crippen LogP contribution in [0.4, 0.5) is 5.69 Å². The molecule has 1 atom stereocenters. The van der Waals surface area contributed by atoms with Crippen LogP contribution in [0.15, 0.2) is 36.5 Å². The Morgan fingerprint density at radius 2 is 1.95 bits per heavy atom. The molecule has 0 fully saturated rings. The van der Waals surface area contributed by atoms with Crippen LogP contribution in [-0.2, 0) is 17.4 Å². The van der Waals surface area contributed by atoms with Gasteiger partial charge < -0.3 is 11.1 Å². The molecule has 1 unspecified atom stereocenters. The van der Waals surface area contributed by atoms with Crippen molar-refractivity contribution in [1.82, 2.24) is 9.78 Å². The summed E-state index contributed by atoms with van der Waals surface area (Å²) in [5.74, 6) is -0.255. The second kappa shape index (κ2) is 6.07. The third kappa shape index (κ3) is 3.00. The van der Waals surface area contributed by atoms with E-state index < -0.39 is 5.54 Å². The highest BCUT2D eigenvalue weighted by Gasteiger charge is 2.30. The van der Waals surface area contributed by atoms with Gasteiger partial charge in [0.15, 0.2) is 0 Å². The summed E-state index contributed by atoms with van der Waals surface area (Å²) in [6, 6.07) is 9.31. The largest absolute Gasteiger partial charge is 0.321 e. The summed E-state index contributed by atoms with van der Waals surface area (Å²) in [5, 5.41) is 6.91. The molecule has 1 amide bonds. The maximum absolute atomic E-state index is 12.3. The molecule has 2 rings (SSSR count). The third-order valence-corrected chi connectivity index (χ3v) is 3.33. The molecule has 0 bridgehead atoms. The second-order valence-electron chi connectivity index (χ2n) is 4.79. The van der Waals surface area contributed by atoms with E-state index in [1.807, 2.05) is 44.3 Å². The first kappa shape index (κ1) is 16.2. The highest BCUT2D eigenvalue weighted by Crippen LogP contribution is 2.21. The number of nitrogens with zero attached hydrogens (tertiary/aromatic N) is 2. The van der Waals surface area contributed by atoms with Crippen LogP contribution < -0.4 is 11.1 Å². The van der Waals surface area contributed by atoms with Gasteiger partial charge in [0, 0.05) is 7.05 Å². The number of rotatable bonds is 3. The zero-order valence-electron chi connectivity index (χ0n) is 11.8. The number of nitrogens with one attached hydrogen (secondary N) is 1. The molecule has 0 saturated carbocycles.